The summed E-state index contributed by atoms with van der Waals surface area (Å²) in [5, 5.41) is 6.23. The highest BCUT2D eigenvalue weighted by atomic mass is 35.5. The predicted octanol–water partition coefficient (Wildman–Crippen LogP) is 1.42. The fourth-order valence-electron chi connectivity index (χ4n) is 3.45. The molecule has 0 unspecified atom stereocenters. The second-order valence-electron chi connectivity index (χ2n) is 6.77. The van der Waals surface area contributed by atoms with Crippen LogP contribution < -0.4 is 10.6 Å². The molecule has 1 saturated carbocycles. The largest absolute Gasteiger partial charge is 0.352 e. The van der Waals surface area contributed by atoms with Crippen LogP contribution in [0.5, 0.6) is 0 Å². The van der Waals surface area contributed by atoms with E-state index in [9.17, 15) is 9.59 Å². The van der Waals surface area contributed by atoms with Crippen molar-refractivity contribution < 1.29 is 9.59 Å². The van der Waals surface area contributed by atoms with E-state index in [1.165, 1.54) is 19.3 Å². The Balaban J connectivity index is 0.00000288. The first-order valence-electron chi connectivity index (χ1n) is 9.13. The van der Waals surface area contributed by atoms with Crippen molar-refractivity contribution >= 4 is 36.6 Å². The molecule has 0 spiro atoms. The summed E-state index contributed by atoms with van der Waals surface area (Å²) in [5.74, 6) is 0.386. The lowest BCUT2D eigenvalue weighted by atomic mass is 9.95. The highest BCUT2D eigenvalue weighted by Crippen LogP contribution is 2.17. The van der Waals surface area contributed by atoms with E-state index in [2.05, 4.69) is 15.5 Å². The Kier molecular flexibility index (Phi) is 13.3. The number of nitrogens with one attached hydrogen (secondary N) is 2. The van der Waals surface area contributed by atoms with Crippen LogP contribution >= 0.6 is 24.8 Å². The van der Waals surface area contributed by atoms with Crippen LogP contribution in [0.4, 0.5) is 0 Å². The van der Waals surface area contributed by atoms with Crippen molar-refractivity contribution in [3.05, 3.63) is 0 Å². The highest BCUT2D eigenvalue weighted by molar-refractivity contribution is 5.85. The van der Waals surface area contributed by atoms with Gasteiger partial charge in [0, 0.05) is 38.6 Å². The lowest BCUT2D eigenvalue weighted by Crippen LogP contribution is -2.52. The van der Waals surface area contributed by atoms with E-state index < -0.39 is 0 Å². The van der Waals surface area contributed by atoms with Gasteiger partial charge in [-0.2, -0.15) is 0 Å². The Morgan fingerprint density at radius 1 is 1.00 bits per heavy atom. The van der Waals surface area contributed by atoms with E-state index in [0.29, 0.717) is 19.0 Å². The van der Waals surface area contributed by atoms with Gasteiger partial charge in [0.05, 0.1) is 6.54 Å². The normalized spacial score (nSPS) is 18.8. The number of amides is 2. The maximum atomic E-state index is 12.1. The van der Waals surface area contributed by atoms with Gasteiger partial charge in [0.2, 0.25) is 11.8 Å². The molecule has 1 aliphatic heterocycles. The lowest BCUT2D eigenvalue weighted by Gasteiger charge is -2.34. The van der Waals surface area contributed by atoms with Gasteiger partial charge in [-0.15, -0.1) is 24.8 Å². The number of rotatable bonds is 7. The summed E-state index contributed by atoms with van der Waals surface area (Å²) in [6.07, 6.45) is 7.53. The fraction of sp³-hybridized carbons (Fsp3) is 0.882. The van der Waals surface area contributed by atoms with Crippen LogP contribution in [0.1, 0.15) is 44.9 Å². The van der Waals surface area contributed by atoms with Gasteiger partial charge in [0.1, 0.15) is 0 Å². The predicted molar refractivity (Wildman–Crippen MR) is 106 cm³/mol. The molecular weight excluding hydrogens is 363 g/mol. The van der Waals surface area contributed by atoms with E-state index in [0.717, 1.165) is 52.0 Å². The molecule has 1 saturated heterocycles. The monoisotopic (exact) mass is 396 g/mol. The van der Waals surface area contributed by atoms with Crippen LogP contribution in [0.3, 0.4) is 0 Å². The molecule has 2 aliphatic rings. The van der Waals surface area contributed by atoms with E-state index in [1.54, 1.807) is 0 Å². The van der Waals surface area contributed by atoms with Gasteiger partial charge in [-0.05, 0) is 32.9 Å². The van der Waals surface area contributed by atoms with Crippen molar-refractivity contribution in [2.45, 2.75) is 51.0 Å². The number of carbonyl (C=O) groups is 2. The third-order valence-electron chi connectivity index (χ3n) is 4.88. The molecule has 1 aliphatic carbocycles. The lowest BCUT2D eigenvalue weighted by molar-refractivity contribution is -0.133. The van der Waals surface area contributed by atoms with Gasteiger partial charge in [-0.25, -0.2) is 0 Å². The topological polar surface area (TPSA) is 64.7 Å². The molecule has 0 bridgehead atoms. The van der Waals surface area contributed by atoms with E-state index in [-0.39, 0.29) is 36.6 Å². The van der Waals surface area contributed by atoms with Crippen molar-refractivity contribution in [2.75, 3.05) is 46.3 Å². The number of hydrogen-bond acceptors (Lipinski definition) is 4. The first-order chi connectivity index (χ1) is 11.2. The molecule has 0 radical (unpaired) electrons. The second kappa shape index (κ2) is 13.6. The van der Waals surface area contributed by atoms with Crippen LogP contribution in [0.25, 0.3) is 0 Å². The Labute approximate surface area is 164 Å². The Hall–Kier alpha value is -0.560. The Bertz CT molecular complexity index is 385. The van der Waals surface area contributed by atoms with Gasteiger partial charge in [-0.3, -0.25) is 14.5 Å². The molecule has 148 valence electrons. The molecule has 8 heteroatoms. The highest BCUT2D eigenvalue weighted by Gasteiger charge is 2.23. The van der Waals surface area contributed by atoms with Crippen molar-refractivity contribution in [1.29, 1.82) is 0 Å². The minimum atomic E-state index is 0. The number of carbonyl (C=O) groups excluding carboxylic acids is 2. The van der Waals surface area contributed by atoms with Gasteiger partial charge in [0.15, 0.2) is 0 Å². The number of halogens is 2. The van der Waals surface area contributed by atoms with Gasteiger partial charge < -0.3 is 15.5 Å². The molecule has 2 fully saturated rings. The zero-order chi connectivity index (χ0) is 16.5. The van der Waals surface area contributed by atoms with Crippen molar-refractivity contribution in [3.8, 4) is 0 Å². The third kappa shape index (κ3) is 9.08. The van der Waals surface area contributed by atoms with Gasteiger partial charge in [0.25, 0.3) is 0 Å². The van der Waals surface area contributed by atoms with Crippen molar-refractivity contribution in [3.63, 3.8) is 0 Å². The molecule has 0 aromatic rings. The molecule has 2 N–H and O–H groups in total. The number of piperazine rings is 1. The summed E-state index contributed by atoms with van der Waals surface area (Å²) in [6.45, 7) is 4.45. The fourth-order valence-corrected chi connectivity index (χ4v) is 3.45. The zero-order valence-electron chi connectivity index (χ0n) is 15.3. The zero-order valence-corrected chi connectivity index (χ0v) is 16.9. The minimum Gasteiger partial charge on any atom is -0.352 e. The molecule has 0 atom stereocenters. The van der Waals surface area contributed by atoms with Gasteiger partial charge >= 0.3 is 0 Å². The smallest absolute Gasteiger partial charge is 0.234 e. The average molecular weight is 397 g/mol. The first-order valence-corrected chi connectivity index (χ1v) is 9.13. The summed E-state index contributed by atoms with van der Waals surface area (Å²) < 4.78 is 0. The molecule has 25 heavy (non-hydrogen) atoms. The van der Waals surface area contributed by atoms with E-state index in [4.69, 9.17) is 0 Å². The maximum Gasteiger partial charge on any atom is 0.234 e. The van der Waals surface area contributed by atoms with Crippen LogP contribution in [-0.4, -0.2) is 74.0 Å². The Morgan fingerprint density at radius 2 is 1.64 bits per heavy atom. The maximum absolute atomic E-state index is 12.1. The van der Waals surface area contributed by atoms with Crippen LogP contribution in [0, 0.1) is 0 Å². The summed E-state index contributed by atoms with van der Waals surface area (Å²) in [4.78, 5) is 28.3. The summed E-state index contributed by atoms with van der Waals surface area (Å²) in [6, 6.07) is 0.381. The van der Waals surface area contributed by atoms with Crippen LogP contribution in [-0.2, 0) is 9.59 Å². The summed E-state index contributed by atoms with van der Waals surface area (Å²) in [5.41, 5.74) is 0. The standard InChI is InChI=1S/C17H32N4O2.2ClH/c1-18-9-5-8-17(23)21-12-10-20(11-13-21)14-16(22)19-15-6-3-2-4-7-15;;/h15,18H,2-14H2,1H3,(H,19,22);2*1H. The van der Waals surface area contributed by atoms with Crippen molar-refractivity contribution in [1.82, 2.24) is 20.4 Å². The van der Waals surface area contributed by atoms with Gasteiger partial charge in [-0.1, -0.05) is 19.3 Å². The average Bonchev–Trinajstić information content (AvgIpc) is 2.56. The summed E-state index contributed by atoms with van der Waals surface area (Å²) in [7, 11) is 1.90. The Morgan fingerprint density at radius 3 is 2.24 bits per heavy atom. The molecule has 2 amide bonds. The summed E-state index contributed by atoms with van der Waals surface area (Å²) >= 11 is 0. The van der Waals surface area contributed by atoms with Crippen LogP contribution in [0.15, 0.2) is 0 Å². The SMILES string of the molecule is CNCCCC(=O)N1CCN(CC(=O)NC2CCCCC2)CC1.Cl.Cl. The van der Waals surface area contributed by atoms with E-state index >= 15 is 0 Å². The first kappa shape index (κ1) is 24.4. The molecule has 2 rings (SSSR count). The molecular formula is C17H34Cl2N4O2. The van der Waals surface area contributed by atoms with Crippen molar-refractivity contribution in [2.24, 2.45) is 0 Å². The number of hydrogen-bond donors (Lipinski definition) is 2. The molecule has 1 heterocycles. The molecule has 0 aromatic carbocycles. The quantitative estimate of drug-likeness (QED) is 0.638. The molecule has 6 nitrogen and oxygen atoms in total. The third-order valence-corrected chi connectivity index (χ3v) is 4.88. The minimum absolute atomic E-state index is 0. The second-order valence-corrected chi connectivity index (χ2v) is 6.77. The van der Waals surface area contributed by atoms with Crippen LogP contribution in [0.2, 0.25) is 0 Å². The number of nitrogens with zero attached hydrogens (tertiary/aromatic N) is 2. The molecule has 0 aromatic heterocycles. The van der Waals surface area contributed by atoms with E-state index in [1.807, 2.05) is 11.9 Å².